The molecular formula is C25H24Cl2N8O. The van der Waals surface area contributed by atoms with Gasteiger partial charge in [0, 0.05) is 43.1 Å². The molecule has 1 saturated heterocycles. The molecule has 5 rings (SSSR count). The Hall–Kier alpha value is -3.66. The largest absolute Gasteiger partial charge is 0.368 e. The van der Waals surface area contributed by atoms with Crippen LogP contribution >= 0.6 is 23.2 Å². The van der Waals surface area contributed by atoms with E-state index in [9.17, 15) is 4.79 Å². The molecule has 36 heavy (non-hydrogen) atoms. The number of piperazine rings is 1. The van der Waals surface area contributed by atoms with Crippen LogP contribution < -0.4 is 15.5 Å². The summed E-state index contributed by atoms with van der Waals surface area (Å²) in [4.78, 5) is 25.7. The monoisotopic (exact) mass is 522 g/mol. The fraction of sp³-hybridized carbons (Fsp3) is 0.200. The lowest BCUT2D eigenvalue weighted by molar-refractivity contribution is -0.111. The molecular weight excluding hydrogens is 499 g/mol. The van der Waals surface area contributed by atoms with Gasteiger partial charge in [-0.3, -0.25) is 9.89 Å². The van der Waals surface area contributed by atoms with Gasteiger partial charge in [-0.1, -0.05) is 41.9 Å². The molecule has 0 unspecified atom stereocenters. The van der Waals surface area contributed by atoms with Crippen molar-refractivity contribution in [1.29, 1.82) is 0 Å². The minimum absolute atomic E-state index is 0.260. The third-order valence-electron chi connectivity index (χ3n) is 6.01. The third kappa shape index (κ3) is 4.99. The van der Waals surface area contributed by atoms with E-state index < -0.39 is 0 Å². The summed E-state index contributed by atoms with van der Waals surface area (Å²) >= 11 is 12.9. The van der Waals surface area contributed by atoms with Crippen molar-refractivity contribution in [3.8, 4) is 11.3 Å². The van der Waals surface area contributed by atoms with E-state index in [1.807, 2.05) is 36.4 Å². The van der Waals surface area contributed by atoms with E-state index in [1.54, 1.807) is 6.07 Å². The summed E-state index contributed by atoms with van der Waals surface area (Å²) in [5, 5.41) is 14.6. The van der Waals surface area contributed by atoms with Gasteiger partial charge in [0.1, 0.15) is 0 Å². The van der Waals surface area contributed by atoms with Crippen LogP contribution in [-0.4, -0.2) is 64.2 Å². The first-order chi connectivity index (χ1) is 17.4. The fourth-order valence-corrected chi connectivity index (χ4v) is 4.56. The fourth-order valence-electron chi connectivity index (χ4n) is 4.11. The number of benzene rings is 2. The number of nitrogens with zero attached hydrogens (tertiary/aromatic N) is 5. The first-order valence-corrected chi connectivity index (χ1v) is 12.1. The average Bonchev–Trinajstić information content (AvgIpc) is 3.26. The SMILES string of the molecule is C=CC(=O)Nc1cccc(-c2nc(Nc3ccc(Cl)c(N4CCN(C)CC4)c3)nc3[nH]nc(Cl)c23)c1. The molecule has 1 aliphatic rings. The van der Waals surface area contributed by atoms with Gasteiger partial charge >= 0.3 is 0 Å². The standard InChI is InChI=1S/C25H24Cl2N8O/c1-3-20(36)28-16-6-4-5-15(13-16)22-21-23(27)32-33-24(21)31-25(30-22)29-17-7-8-18(26)19(14-17)35-11-9-34(2)10-12-35/h3-8,13-14H,1,9-12H2,2H3,(H,28,36)(H2,29,30,31,32,33). The first-order valence-electron chi connectivity index (χ1n) is 11.4. The molecule has 0 aliphatic carbocycles. The summed E-state index contributed by atoms with van der Waals surface area (Å²) in [6.07, 6.45) is 1.22. The van der Waals surface area contributed by atoms with Gasteiger partial charge in [-0.2, -0.15) is 10.1 Å². The van der Waals surface area contributed by atoms with Gasteiger partial charge in [0.25, 0.3) is 0 Å². The zero-order valence-electron chi connectivity index (χ0n) is 19.6. The first kappa shape index (κ1) is 24.1. The summed E-state index contributed by atoms with van der Waals surface area (Å²) < 4.78 is 0. The predicted molar refractivity (Wildman–Crippen MR) is 145 cm³/mol. The van der Waals surface area contributed by atoms with Crippen LogP contribution in [0.5, 0.6) is 0 Å². The summed E-state index contributed by atoms with van der Waals surface area (Å²) in [6, 6.07) is 13.1. The van der Waals surface area contributed by atoms with E-state index in [0.717, 1.165) is 43.1 Å². The van der Waals surface area contributed by atoms with E-state index in [2.05, 4.69) is 49.2 Å². The Morgan fingerprint density at radius 1 is 1.08 bits per heavy atom. The van der Waals surface area contributed by atoms with E-state index in [1.165, 1.54) is 6.08 Å². The van der Waals surface area contributed by atoms with Crippen LogP contribution in [-0.2, 0) is 4.79 Å². The Balaban J connectivity index is 1.50. The molecule has 0 radical (unpaired) electrons. The molecule has 0 atom stereocenters. The Morgan fingerprint density at radius 3 is 2.67 bits per heavy atom. The van der Waals surface area contributed by atoms with Gasteiger partial charge in [-0.05, 0) is 43.5 Å². The average molecular weight is 523 g/mol. The zero-order chi connectivity index (χ0) is 25.2. The molecule has 3 N–H and O–H groups in total. The predicted octanol–water partition coefficient (Wildman–Crippen LogP) is 4.95. The van der Waals surface area contributed by atoms with E-state index in [0.29, 0.717) is 33.4 Å². The van der Waals surface area contributed by atoms with Crippen molar-refractivity contribution in [3.05, 3.63) is 65.3 Å². The molecule has 3 heterocycles. The molecule has 2 aromatic carbocycles. The topological polar surface area (TPSA) is 102 Å². The highest BCUT2D eigenvalue weighted by molar-refractivity contribution is 6.35. The van der Waals surface area contributed by atoms with Gasteiger partial charge in [-0.25, -0.2) is 4.98 Å². The molecule has 2 aromatic heterocycles. The van der Waals surface area contributed by atoms with Crippen molar-refractivity contribution in [3.63, 3.8) is 0 Å². The maximum Gasteiger partial charge on any atom is 0.247 e. The van der Waals surface area contributed by atoms with Gasteiger partial charge in [-0.15, -0.1) is 0 Å². The van der Waals surface area contributed by atoms with Gasteiger partial charge in [0.05, 0.1) is 21.8 Å². The van der Waals surface area contributed by atoms with Crippen molar-refractivity contribution in [1.82, 2.24) is 25.1 Å². The van der Waals surface area contributed by atoms with Crippen molar-refractivity contribution in [2.45, 2.75) is 0 Å². The van der Waals surface area contributed by atoms with Crippen LogP contribution in [0.3, 0.4) is 0 Å². The highest BCUT2D eigenvalue weighted by Crippen LogP contribution is 2.34. The molecule has 9 nitrogen and oxygen atoms in total. The molecule has 4 aromatic rings. The number of carbonyl (C=O) groups is 1. The van der Waals surface area contributed by atoms with E-state index in [-0.39, 0.29) is 11.1 Å². The molecule has 0 saturated carbocycles. The Morgan fingerprint density at radius 2 is 1.89 bits per heavy atom. The quantitative estimate of drug-likeness (QED) is 0.308. The molecule has 11 heteroatoms. The molecule has 0 spiro atoms. The van der Waals surface area contributed by atoms with Gasteiger partial charge in [0.2, 0.25) is 11.9 Å². The maximum atomic E-state index is 11.8. The highest BCUT2D eigenvalue weighted by Gasteiger charge is 2.19. The lowest BCUT2D eigenvalue weighted by Gasteiger charge is -2.34. The molecule has 184 valence electrons. The van der Waals surface area contributed by atoms with Crippen LogP contribution in [0.1, 0.15) is 0 Å². The van der Waals surface area contributed by atoms with Crippen LogP contribution in [0.2, 0.25) is 10.2 Å². The van der Waals surface area contributed by atoms with Crippen LogP contribution in [0, 0.1) is 0 Å². The van der Waals surface area contributed by atoms with Crippen molar-refractivity contribution in [2.24, 2.45) is 0 Å². The Bertz CT molecular complexity index is 1450. The van der Waals surface area contributed by atoms with E-state index in [4.69, 9.17) is 28.2 Å². The van der Waals surface area contributed by atoms with Crippen molar-refractivity contribution < 1.29 is 4.79 Å². The van der Waals surface area contributed by atoms with Crippen LogP contribution in [0.4, 0.5) is 23.0 Å². The number of rotatable bonds is 6. The number of H-pyrrole nitrogens is 1. The molecule has 0 bridgehead atoms. The molecule has 1 fully saturated rings. The number of amides is 1. The second kappa shape index (κ2) is 10.1. The minimum Gasteiger partial charge on any atom is -0.368 e. The number of hydrogen-bond acceptors (Lipinski definition) is 7. The lowest BCUT2D eigenvalue weighted by atomic mass is 10.1. The van der Waals surface area contributed by atoms with Crippen molar-refractivity contribution in [2.75, 3.05) is 48.8 Å². The number of likely N-dealkylation sites (N-methyl/N-ethyl adjacent to an activating group) is 1. The summed E-state index contributed by atoms with van der Waals surface area (Å²) in [5.41, 5.74) is 4.17. The number of carbonyl (C=O) groups excluding carboxylic acids is 1. The number of fused-ring (bicyclic) bond motifs is 1. The summed E-state index contributed by atoms with van der Waals surface area (Å²) in [7, 11) is 2.12. The molecule has 1 aliphatic heterocycles. The second-order valence-electron chi connectivity index (χ2n) is 8.49. The number of anilines is 4. The van der Waals surface area contributed by atoms with Crippen LogP contribution in [0.25, 0.3) is 22.3 Å². The number of aromatic nitrogens is 4. The van der Waals surface area contributed by atoms with Gasteiger partial charge in [0.15, 0.2) is 10.8 Å². The zero-order valence-corrected chi connectivity index (χ0v) is 21.1. The van der Waals surface area contributed by atoms with Gasteiger partial charge < -0.3 is 20.4 Å². The minimum atomic E-state index is -0.303. The number of nitrogens with one attached hydrogen (secondary N) is 3. The molecule has 1 amide bonds. The third-order valence-corrected chi connectivity index (χ3v) is 6.60. The summed E-state index contributed by atoms with van der Waals surface area (Å²) in [5.74, 6) is 0.0626. The lowest BCUT2D eigenvalue weighted by Crippen LogP contribution is -2.44. The second-order valence-corrected chi connectivity index (χ2v) is 9.25. The Labute approximate surface area is 218 Å². The van der Waals surface area contributed by atoms with Crippen LogP contribution in [0.15, 0.2) is 55.1 Å². The number of halogens is 2. The summed E-state index contributed by atoms with van der Waals surface area (Å²) in [6.45, 7) is 7.25. The number of aromatic amines is 1. The van der Waals surface area contributed by atoms with Crippen molar-refractivity contribution >= 4 is 63.2 Å². The smallest absolute Gasteiger partial charge is 0.247 e. The number of hydrogen-bond donors (Lipinski definition) is 3. The normalized spacial score (nSPS) is 14.1. The Kier molecular flexibility index (Phi) is 6.77. The highest BCUT2D eigenvalue weighted by atomic mass is 35.5. The van der Waals surface area contributed by atoms with E-state index >= 15 is 0 Å². The maximum absolute atomic E-state index is 11.8.